The Kier molecular flexibility index (Phi) is 5.03. The summed E-state index contributed by atoms with van der Waals surface area (Å²) in [6.07, 6.45) is 3.90. The van der Waals surface area contributed by atoms with Gasteiger partial charge in [0.1, 0.15) is 0 Å². The molecule has 0 aromatic heterocycles. The highest BCUT2D eigenvalue weighted by Crippen LogP contribution is 2.23. The molecule has 0 bridgehead atoms. The third-order valence-electron chi connectivity index (χ3n) is 2.94. The molecule has 0 radical (unpaired) electrons. The Morgan fingerprint density at radius 3 is 3.06 bits per heavy atom. The number of rotatable bonds is 4. The first-order valence-corrected chi connectivity index (χ1v) is 8.18. The Balaban J connectivity index is 2.05. The van der Waals surface area contributed by atoms with Gasteiger partial charge in [-0.1, -0.05) is 11.6 Å². The van der Waals surface area contributed by atoms with Gasteiger partial charge in [0.25, 0.3) is 0 Å². The fourth-order valence-electron chi connectivity index (χ4n) is 2.08. The Labute approximate surface area is 115 Å². The molecule has 1 aromatic carbocycles. The molecular weight excluding hydrogens is 270 g/mol. The zero-order valence-electron chi connectivity index (χ0n) is 10.4. The second kappa shape index (κ2) is 6.55. The lowest BCUT2D eigenvalue weighted by atomic mass is 10.1. The highest BCUT2D eigenvalue weighted by atomic mass is 35.5. The number of anilines is 1. The zero-order chi connectivity index (χ0) is 13.0. The maximum Gasteiger partial charge on any atom is 0.0667 e. The van der Waals surface area contributed by atoms with E-state index in [0.29, 0.717) is 16.8 Å². The molecule has 0 aliphatic carbocycles. The van der Waals surface area contributed by atoms with Crippen LogP contribution < -0.4 is 5.32 Å². The molecule has 1 fully saturated rings. The average Bonchev–Trinajstić information content (AvgIpc) is 2.34. The minimum Gasteiger partial charge on any atom is -0.380 e. The van der Waals surface area contributed by atoms with Gasteiger partial charge in [-0.05, 0) is 36.6 Å². The molecule has 1 heterocycles. The molecule has 2 atom stereocenters. The molecule has 0 spiro atoms. The van der Waals surface area contributed by atoms with Gasteiger partial charge in [-0.3, -0.25) is 4.21 Å². The second-order valence-electron chi connectivity index (χ2n) is 4.58. The lowest BCUT2D eigenvalue weighted by Gasteiger charge is -2.24. The fourth-order valence-corrected chi connectivity index (χ4v) is 3.02. The van der Waals surface area contributed by atoms with Crippen LogP contribution in [0, 0.1) is 0 Å². The normalized spacial score (nSPS) is 21.6. The summed E-state index contributed by atoms with van der Waals surface area (Å²) in [4.78, 5) is 0. The predicted molar refractivity (Wildman–Crippen MR) is 76.7 cm³/mol. The van der Waals surface area contributed by atoms with E-state index in [0.717, 1.165) is 37.3 Å². The van der Waals surface area contributed by atoms with Crippen molar-refractivity contribution in [2.45, 2.75) is 24.6 Å². The SMILES string of the molecule is C[S@](=O)Cc1cc(N[C@@H]2CCCOC2)ccc1Cl. The second-order valence-corrected chi connectivity index (χ2v) is 6.42. The summed E-state index contributed by atoms with van der Waals surface area (Å²) < 4.78 is 16.7. The van der Waals surface area contributed by atoms with Gasteiger partial charge in [0, 0.05) is 46.2 Å². The lowest BCUT2D eigenvalue weighted by Crippen LogP contribution is -2.29. The molecule has 100 valence electrons. The van der Waals surface area contributed by atoms with Crippen molar-refractivity contribution in [2.24, 2.45) is 0 Å². The molecule has 18 heavy (non-hydrogen) atoms. The highest BCUT2D eigenvalue weighted by Gasteiger charge is 2.14. The van der Waals surface area contributed by atoms with Crippen LogP contribution in [-0.2, 0) is 21.3 Å². The van der Waals surface area contributed by atoms with Gasteiger partial charge in [0.05, 0.1) is 6.61 Å². The maximum atomic E-state index is 11.3. The van der Waals surface area contributed by atoms with E-state index in [9.17, 15) is 4.21 Å². The van der Waals surface area contributed by atoms with Crippen LogP contribution in [0.25, 0.3) is 0 Å². The van der Waals surface area contributed by atoms with Gasteiger partial charge >= 0.3 is 0 Å². The third-order valence-corrected chi connectivity index (χ3v) is 4.02. The summed E-state index contributed by atoms with van der Waals surface area (Å²) in [6, 6.07) is 6.16. The first-order chi connectivity index (χ1) is 8.65. The monoisotopic (exact) mass is 287 g/mol. The molecule has 0 saturated carbocycles. The van der Waals surface area contributed by atoms with Crippen molar-refractivity contribution in [3.05, 3.63) is 28.8 Å². The van der Waals surface area contributed by atoms with Crippen LogP contribution in [-0.4, -0.2) is 29.7 Å². The average molecular weight is 288 g/mol. The number of nitrogens with one attached hydrogen (secondary N) is 1. The summed E-state index contributed by atoms with van der Waals surface area (Å²) in [5, 5.41) is 4.12. The molecule has 1 saturated heterocycles. The van der Waals surface area contributed by atoms with Crippen LogP contribution in [0.1, 0.15) is 18.4 Å². The number of hydrogen-bond donors (Lipinski definition) is 1. The molecule has 1 N–H and O–H groups in total. The van der Waals surface area contributed by atoms with Crippen molar-refractivity contribution in [3.63, 3.8) is 0 Å². The van der Waals surface area contributed by atoms with E-state index in [2.05, 4.69) is 5.32 Å². The maximum absolute atomic E-state index is 11.3. The first-order valence-electron chi connectivity index (χ1n) is 6.08. The van der Waals surface area contributed by atoms with E-state index in [1.807, 2.05) is 18.2 Å². The molecule has 1 aromatic rings. The summed E-state index contributed by atoms with van der Waals surface area (Å²) in [5.74, 6) is 0.496. The van der Waals surface area contributed by atoms with Gasteiger partial charge < -0.3 is 10.1 Å². The minimum absolute atomic E-state index is 0.361. The van der Waals surface area contributed by atoms with Crippen molar-refractivity contribution in [2.75, 3.05) is 24.8 Å². The van der Waals surface area contributed by atoms with Crippen molar-refractivity contribution in [1.29, 1.82) is 0 Å². The van der Waals surface area contributed by atoms with Crippen LogP contribution in [0.5, 0.6) is 0 Å². The Morgan fingerprint density at radius 2 is 2.39 bits per heavy atom. The third kappa shape index (κ3) is 3.97. The Bertz CT molecular complexity index is 433. The summed E-state index contributed by atoms with van der Waals surface area (Å²) >= 11 is 6.10. The van der Waals surface area contributed by atoms with Crippen molar-refractivity contribution in [1.82, 2.24) is 0 Å². The van der Waals surface area contributed by atoms with Crippen LogP contribution in [0.15, 0.2) is 18.2 Å². The van der Waals surface area contributed by atoms with Crippen molar-refractivity contribution in [3.8, 4) is 0 Å². The molecule has 1 aliphatic rings. The van der Waals surface area contributed by atoms with Crippen LogP contribution in [0.4, 0.5) is 5.69 Å². The molecular formula is C13H18ClNO2S. The molecule has 5 heteroatoms. The van der Waals surface area contributed by atoms with E-state index in [-0.39, 0.29) is 0 Å². The molecule has 2 rings (SSSR count). The molecule has 0 amide bonds. The number of halogens is 1. The Hall–Kier alpha value is -0.580. The van der Waals surface area contributed by atoms with Gasteiger partial charge in [-0.2, -0.15) is 0 Å². The topological polar surface area (TPSA) is 38.3 Å². The summed E-state index contributed by atoms with van der Waals surface area (Å²) in [7, 11) is -0.879. The van der Waals surface area contributed by atoms with Gasteiger partial charge in [-0.15, -0.1) is 0 Å². The number of benzene rings is 1. The van der Waals surface area contributed by atoms with Gasteiger partial charge in [0.15, 0.2) is 0 Å². The Morgan fingerprint density at radius 1 is 1.56 bits per heavy atom. The van der Waals surface area contributed by atoms with Gasteiger partial charge in [-0.25, -0.2) is 0 Å². The van der Waals surface area contributed by atoms with Crippen molar-refractivity contribution >= 4 is 28.1 Å². The van der Waals surface area contributed by atoms with Crippen LogP contribution >= 0.6 is 11.6 Å². The largest absolute Gasteiger partial charge is 0.380 e. The van der Waals surface area contributed by atoms with E-state index in [4.69, 9.17) is 16.3 Å². The fraction of sp³-hybridized carbons (Fsp3) is 0.538. The van der Waals surface area contributed by atoms with E-state index < -0.39 is 10.8 Å². The quantitative estimate of drug-likeness (QED) is 0.925. The lowest BCUT2D eigenvalue weighted by molar-refractivity contribution is 0.0876. The first kappa shape index (κ1) is 13.8. The standard InChI is InChI=1S/C13H18ClNO2S/c1-18(16)9-10-7-11(4-5-13(10)14)15-12-3-2-6-17-8-12/h4-5,7,12,15H,2-3,6,8-9H2,1H3/t12-,18+/m1/s1. The zero-order valence-corrected chi connectivity index (χ0v) is 12.0. The van der Waals surface area contributed by atoms with Crippen LogP contribution in [0.3, 0.4) is 0 Å². The minimum atomic E-state index is -0.879. The van der Waals surface area contributed by atoms with Crippen molar-refractivity contribution < 1.29 is 8.95 Å². The van der Waals surface area contributed by atoms with E-state index >= 15 is 0 Å². The number of ether oxygens (including phenoxy) is 1. The van der Waals surface area contributed by atoms with Gasteiger partial charge in [0.2, 0.25) is 0 Å². The molecule has 1 aliphatic heterocycles. The molecule has 3 nitrogen and oxygen atoms in total. The summed E-state index contributed by atoms with van der Waals surface area (Å²) in [5.41, 5.74) is 1.95. The molecule has 0 unspecified atom stereocenters. The highest BCUT2D eigenvalue weighted by molar-refractivity contribution is 7.83. The van der Waals surface area contributed by atoms with E-state index in [1.54, 1.807) is 6.26 Å². The van der Waals surface area contributed by atoms with Crippen LogP contribution in [0.2, 0.25) is 5.02 Å². The smallest absolute Gasteiger partial charge is 0.0667 e. The van der Waals surface area contributed by atoms with E-state index in [1.165, 1.54) is 0 Å². The number of hydrogen-bond acceptors (Lipinski definition) is 3. The predicted octanol–water partition coefficient (Wildman–Crippen LogP) is 2.81. The summed E-state index contributed by atoms with van der Waals surface area (Å²) in [6.45, 7) is 1.61.